The van der Waals surface area contributed by atoms with Crippen LogP contribution in [0.4, 0.5) is 30.5 Å². The van der Waals surface area contributed by atoms with E-state index in [9.17, 15) is 18.0 Å². The van der Waals surface area contributed by atoms with Crippen molar-refractivity contribution in [1.29, 1.82) is 0 Å². The Morgan fingerprint density at radius 1 is 1.17 bits per heavy atom. The molecule has 3 aromatic rings. The lowest BCUT2D eigenvalue weighted by atomic mass is 9.98. The largest absolute Gasteiger partial charge is 0.416 e. The van der Waals surface area contributed by atoms with Gasteiger partial charge >= 0.3 is 6.18 Å². The van der Waals surface area contributed by atoms with Crippen LogP contribution in [0, 0.1) is 6.92 Å². The van der Waals surface area contributed by atoms with Crippen LogP contribution < -0.4 is 21.5 Å². The smallest absolute Gasteiger partial charge is 0.399 e. The van der Waals surface area contributed by atoms with Gasteiger partial charge in [-0.2, -0.15) is 13.2 Å². The molecular weight excluding hydrogens is 471 g/mol. The van der Waals surface area contributed by atoms with Crippen molar-refractivity contribution in [3.8, 4) is 0 Å². The number of benzene rings is 1. The van der Waals surface area contributed by atoms with Gasteiger partial charge in [0.1, 0.15) is 23.3 Å². The quantitative estimate of drug-likeness (QED) is 0.530. The lowest BCUT2D eigenvalue weighted by Gasteiger charge is -2.29. The number of amidine groups is 1. The average Bonchev–Trinajstić information content (AvgIpc) is 3.30. The number of hydrogen-bond acceptors (Lipinski definition) is 7. The van der Waals surface area contributed by atoms with Crippen LogP contribution in [0.1, 0.15) is 41.0 Å². The Balaban J connectivity index is 1.60. The second-order valence-electron chi connectivity index (χ2n) is 8.89. The highest BCUT2D eigenvalue weighted by Gasteiger charge is 2.33. The zero-order valence-corrected chi connectivity index (χ0v) is 19.9. The lowest BCUT2D eigenvalue weighted by Crippen LogP contribution is -2.33. The number of aromatic nitrogens is 3. The SMILES string of the molecule is Cc1nc(NC(C)c2cc(N)cc(C(F)(F)F)c2)c2c(n1)N1CCN=C1C(c1ccc(=O)n(C)c1)=C2. The molecule has 0 saturated heterocycles. The molecule has 0 saturated carbocycles. The van der Waals surface area contributed by atoms with Gasteiger partial charge in [-0.1, -0.05) is 0 Å². The average molecular weight is 496 g/mol. The Bertz CT molecular complexity index is 1490. The summed E-state index contributed by atoms with van der Waals surface area (Å²) in [7, 11) is 1.68. The van der Waals surface area contributed by atoms with Gasteiger partial charge in [0.05, 0.1) is 23.7 Å². The molecule has 2 aromatic heterocycles. The van der Waals surface area contributed by atoms with Crippen LogP contribution >= 0.6 is 0 Å². The minimum Gasteiger partial charge on any atom is -0.399 e. The van der Waals surface area contributed by atoms with Crippen LogP contribution in [-0.4, -0.2) is 33.5 Å². The molecule has 2 aliphatic heterocycles. The molecule has 1 atom stereocenters. The summed E-state index contributed by atoms with van der Waals surface area (Å²) in [4.78, 5) is 27.8. The topological polar surface area (TPSA) is 101 Å². The van der Waals surface area contributed by atoms with Gasteiger partial charge in [0, 0.05) is 42.7 Å². The number of hydrogen-bond donors (Lipinski definition) is 2. The Labute approximate surface area is 205 Å². The molecule has 4 heterocycles. The first-order chi connectivity index (χ1) is 17.0. The number of nitrogens with two attached hydrogens (primary N) is 1. The Hall–Kier alpha value is -4.15. The van der Waals surface area contributed by atoms with Crippen LogP contribution in [0.15, 0.2) is 46.3 Å². The normalized spacial score (nSPS) is 15.7. The molecule has 1 aromatic carbocycles. The molecule has 36 heavy (non-hydrogen) atoms. The number of aryl methyl sites for hydroxylation is 2. The third kappa shape index (κ3) is 4.21. The fraction of sp³-hybridized carbons (Fsp3) is 0.280. The summed E-state index contributed by atoms with van der Waals surface area (Å²) in [5.74, 6) is 2.42. The first-order valence-electron chi connectivity index (χ1n) is 11.3. The molecule has 1 unspecified atom stereocenters. The summed E-state index contributed by atoms with van der Waals surface area (Å²) in [6.45, 7) is 4.73. The maximum atomic E-state index is 13.4. The van der Waals surface area contributed by atoms with Gasteiger partial charge < -0.3 is 20.5 Å². The van der Waals surface area contributed by atoms with E-state index >= 15 is 0 Å². The monoisotopic (exact) mass is 495 g/mol. The van der Waals surface area contributed by atoms with Crippen molar-refractivity contribution in [3.05, 3.63) is 75.0 Å². The molecule has 0 bridgehead atoms. The Kier molecular flexibility index (Phi) is 5.57. The van der Waals surface area contributed by atoms with Gasteiger partial charge in [-0.25, -0.2) is 9.97 Å². The summed E-state index contributed by atoms with van der Waals surface area (Å²) >= 11 is 0. The number of anilines is 3. The van der Waals surface area contributed by atoms with Gasteiger partial charge in [0.15, 0.2) is 0 Å². The number of fused-ring (bicyclic) bond motifs is 3. The second-order valence-corrected chi connectivity index (χ2v) is 8.89. The third-order valence-corrected chi connectivity index (χ3v) is 6.22. The van der Waals surface area contributed by atoms with Gasteiger partial charge in [-0.05, 0) is 49.8 Å². The maximum Gasteiger partial charge on any atom is 0.416 e. The van der Waals surface area contributed by atoms with Crippen LogP contribution in [0.25, 0.3) is 11.6 Å². The Morgan fingerprint density at radius 3 is 2.67 bits per heavy atom. The number of alkyl halides is 3. The van der Waals surface area contributed by atoms with E-state index in [2.05, 4.69) is 20.3 Å². The molecule has 11 heteroatoms. The van der Waals surface area contributed by atoms with Crippen LogP contribution in [0.5, 0.6) is 0 Å². The number of aliphatic imine (C=N–C) groups is 1. The van der Waals surface area contributed by atoms with Crippen molar-refractivity contribution in [3.63, 3.8) is 0 Å². The molecule has 0 aliphatic carbocycles. The van der Waals surface area contributed by atoms with E-state index in [0.717, 1.165) is 29.1 Å². The van der Waals surface area contributed by atoms with Gasteiger partial charge in [0.25, 0.3) is 0 Å². The van der Waals surface area contributed by atoms with Crippen molar-refractivity contribution >= 4 is 34.8 Å². The van der Waals surface area contributed by atoms with Crippen LogP contribution in [0.2, 0.25) is 0 Å². The number of rotatable bonds is 4. The fourth-order valence-corrected chi connectivity index (χ4v) is 4.45. The Morgan fingerprint density at radius 2 is 1.94 bits per heavy atom. The number of nitrogens with one attached hydrogen (secondary N) is 1. The van der Waals surface area contributed by atoms with Crippen molar-refractivity contribution in [2.75, 3.05) is 29.0 Å². The van der Waals surface area contributed by atoms with E-state index in [0.29, 0.717) is 41.7 Å². The number of halogens is 3. The minimum atomic E-state index is -4.51. The lowest BCUT2D eigenvalue weighted by molar-refractivity contribution is -0.137. The van der Waals surface area contributed by atoms with Crippen LogP contribution in [0.3, 0.4) is 0 Å². The number of nitrogens with zero attached hydrogens (tertiary/aromatic N) is 5. The zero-order valence-electron chi connectivity index (χ0n) is 19.9. The molecule has 8 nitrogen and oxygen atoms in total. The third-order valence-electron chi connectivity index (χ3n) is 6.22. The molecular formula is C25H24F3N7O. The molecule has 0 radical (unpaired) electrons. The van der Waals surface area contributed by atoms with Gasteiger partial charge in [0.2, 0.25) is 5.56 Å². The molecule has 2 aliphatic rings. The first kappa shape index (κ1) is 23.6. The molecule has 0 spiro atoms. The van der Waals surface area contributed by atoms with E-state index in [-0.39, 0.29) is 11.2 Å². The standard InChI is InChI=1S/C25H24F3N7O/c1-13(16-8-17(25(26,27)28)10-18(29)9-16)31-22-20-11-19(15-4-5-21(36)34(3)12-15)23-30-6-7-35(23)24(20)33-14(2)32-22/h4-5,8-13H,6-7,29H2,1-3H3,(H,31,32,33). The molecule has 0 amide bonds. The first-order valence-corrected chi connectivity index (χ1v) is 11.3. The van der Waals surface area contributed by atoms with Crippen molar-refractivity contribution in [1.82, 2.24) is 14.5 Å². The zero-order chi connectivity index (χ0) is 25.8. The van der Waals surface area contributed by atoms with E-state index < -0.39 is 17.8 Å². The van der Waals surface area contributed by atoms with E-state index in [1.807, 2.05) is 11.0 Å². The predicted octanol–water partition coefficient (Wildman–Crippen LogP) is 4.03. The van der Waals surface area contributed by atoms with Gasteiger partial charge in [-0.3, -0.25) is 9.79 Å². The van der Waals surface area contributed by atoms with Gasteiger partial charge in [-0.15, -0.1) is 0 Å². The van der Waals surface area contributed by atoms with E-state index in [1.54, 1.807) is 33.2 Å². The van der Waals surface area contributed by atoms with Crippen LogP contribution in [-0.2, 0) is 13.2 Å². The summed E-state index contributed by atoms with van der Waals surface area (Å²) in [6, 6.07) is 6.24. The highest BCUT2D eigenvalue weighted by atomic mass is 19.4. The molecule has 5 rings (SSSR count). The second kappa shape index (κ2) is 8.51. The fourth-order valence-electron chi connectivity index (χ4n) is 4.45. The summed E-state index contributed by atoms with van der Waals surface area (Å²) in [5, 5.41) is 3.27. The highest BCUT2D eigenvalue weighted by Crippen LogP contribution is 2.39. The predicted molar refractivity (Wildman–Crippen MR) is 134 cm³/mol. The highest BCUT2D eigenvalue weighted by molar-refractivity contribution is 6.36. The summed E-state index contributed by atoms with van der Waals surface area (Å²) in [5.41, 5.74) is 7.57. The van der Waals surface area contributed by atoms with Crippen molar-refractivity contribution < 1.29 is 13.2 Å². The number of nitrogen functional groups attached to an aromatic ring is 1. The minimum absolute atomic E-state index is 0.0316. The molecule has 3 N–H and O–H groups in total. The van der Waals surface area contributed by atoms with E-state index in [1.165, 1.54) is 16.7 Å². The van der Waals surface area contributed by atoms with E-state index in [4.69, 9.17) is 5.73 Å². The molecule has 186 valence electrons. The maximum absolute atomic E-state index is 13.4. The van der Waals surface area contributed by atoms with Crippen molar-refractivity contribution in [2.24, 2.45) is 12.0 Å². The molecule has 0 fully saturated rings. The summed E-state index contributed by atoms with van der Waals surface area (Å²) in [6.07, 6.45) is -0.855. The van der Waals surface area contributed by atoms with Crippen molar-refractivity contribution in [2.45, 2.75) is 26.1 Å². The summed E-state index contributed by atoms with van der Waals surface area (Å²) < 4.78 is 41.6. The number of pyridine rings is 1.